The van der Waals surface area contributed by atoms with Crippen molar-refractivity contribution in [2.75, 3.05) is 10.8 Å². The van der Waals surface area contributed by atoms with Crippen molar-refractivity contribution in [1.82, 2.24) is 4.31 Å². The Bertz CT molecular complexity index is 188. The van der Waals surface area contributed by atoms with Gasteiger partial charge in [-0.25, -0.2) is 8.42 Å². The van der Waals surface area contributed by atoms with E-state index in [2.05, 4.69) is 0 Å². The topological polar surface area (TPSA) is 37.4 Å². The maximum absolute atomic E-state index is 10.9. The molecule has 0 spiro atoms. The molecule has 0 atom stereocenters. The van der Waals surface area contributed by atoms with Crippen LogP contribution in [0.25, 0.3) is 0 Å². The molecule has 0 aliphatic rings. The molecule has 0 saturated heterocycles. The molecule has 62 valence electrons. The Labute approximate surface area is 76.0 Å². The lowest BCUT2D eigenvalue weighted by Gasteiger charge is -2.20. The normalized spacial score (nSPS) is 13.0. The maximum Gasteiger partial charge on any atom is 0.212 e. The highest BCUT2D eigenvalue weighted by molar-refractivity contribution is 14.1. The summed E-state index contributed by atoms with van der Waals surface area (Å²) in [5.74, 6) is 0. The van der Waals surface area contributed by atoms with Crippen LogP contribution in [0.15, 0.2) is 0 Å². The first-order valence-electron chi connectivity index (χ1n) is 2.92. The van der Waals surface area contributed by atoms with E-state index in [-0.39, 0.29) is 6.04 Å². The van der Waals surface area contributed by atoms with E-state index in [0.717, 1.165) is 0 Å². The van der Waals surface area contributed by atoms with Gasteiger partial charge in [0.15, 0.2) is 0 Å². The first-order valence-corrected chi connectivity index (χ1v) is 6.29. The molecule has 3 nitrogen and oxygen atoms in total. The number of halogens is 1. The van der Waals surface area contributed by atoms with Crippen molar-refractivity contribution in [2.45, 2.75) is 19.9 Å². The number of hydrogen-bond acceptors (Lipinski definition) is 2. The van der Waals surface area contributed by atoms with Gasteiger partial charge in [0.25, 0.3) is 0 Å². The molecule has 10 heavy (non-hydrogen) atoms. The van der Waals surface area contributed by atoms with Crippen LogP contribution in [-0.4, -0.2) is 29.6 Å². The number of sulfonamides is 1. The number of alkyl halides is 1. The van der Waals surface area contributed by atoms with Crippen molar-refractivity contribution in [3.63, 3.8) is 0 Å². The molecule has 0 unspecified atom stereocenters. The van der Waals surface area contributed by atoms with Crippen molar-refractivity contribution < 1.29 is 8.42 Å². The molecule has 0 rings (SSSR count). The van der Waals surface area contributed by atoms with E-state index in [1.807, 2.05) is 36.4 Å². The van der Waals surface area contributed by atoms with Crippen LogP contribution < -0.4 is 0 Å². The van der Waals surface area contributed by atoms with E-state index in [9.17, 15) is 8.42 Å². The minimum absolute atomic E-state index is 0.0619. The lowest BCUT2D eigenvalue weighted by Crippen LogP contribution is -2.34. The molecule has 0 radical (unpaired) electrons. The highest BCUT2D eigenvalue weighted by Crippen LogP contribution is 2.06. The average molecular weight is 277 g/mol. The summed E-state index contributed by atoms with van der Waals surface area (Å²) < 4.78 is 23.8. The van der Waals surface area contributed by atoms with Crippen molar-refractivity contribution >= 4 is 32.6 Å². The molecule has 0 heterocycles. The Hall–Kier alpha value is 0.640. The molecule has 0 aromatic rings. The minimum Gasteiger partial charge on any atom is -0.212 e. The van der Waals surface area contributed by atoms with Crippen LogP contribution in [0.5, 0.6) is 0 Å². The fraction of sp³-hybridized carbons (Fsp3) is 1.00. The second kappa shape index (κ2) is 3.87. The smallest absolute Gasteiger partial charge is 0.212 e. The van der Waals surface area contributed by atoms with E-state index >= 15 is 0 Å². The van der Waals surface area contributed by atoms with Gasteiger partial charge >= 0.3 is 0 Å². The van der Waals surface area contributed by atoms with Gasteiger partial charge in [-0.2, -0.15) is 4.31 Å². The third-order valence-electron chi connectivity index (χ3n) is 1.12. The van der Waals surface area contributed by atoms with Crippen LogP contribution in [-0.2, 0) is 10.0 Å². The summed E-state index contributed by atoms with van der Waals surface area (Å²) in [4.78, 5) is 0. The third-order valence-corrected chi connectivity index (χ3v) is 3.72. The van der Waals surface area contributed by atoms with E-state index in [4.69, 9.17) is 0 Å². The monoisotopic (exact) mass is 277 g/mol. The molecule has 0 aromatic heterocycles. The zero-order valence-electron chi connectivity index (χ0n) is 6.33. The molecule has 0 bridgehead atoms. The summed E-state index contributed by atoms with van der Waals surface area (Å²) in [6.45, 7) is 3.72. The highest BCUT2D eigenvalue weighted by Gasteiger charge is 2.17. The van der Waals surface area contributed by atoms with Gasteiger partial charge in [-0.3, -0.25) is 0 Å². The fourth-order valence-corrected chi connectivity index (χ4v) is 3.86. The lowest BCUT2D eigenvalue weighted by atomic mass is 10.4. The summed E-state index contributed by atoms with van der Waals surface area (Å²) in [6, 6.07) is 0.0619. The molecule has 0 amide bonds. The Morgan fingerprint density at radius 3 is 1.90 bits per heavy atom. The molecule has 0 fully saturated rings. The molecule has 0 aliphatic carbocycles. The summed E-state index contributed by atoms with van der Waals surface area (Å²) in [5.41, 5.74) is 0. The molecule has 0 saturated carbocycles. The molecular formula is C5H12INO2S. The molecule has 5 heteroatoms. The second-order valence-corrected chi connectivity index (χ2v) is 4.98. The van der Waals surface area contributed by atoms with E-state index in [1.165, 1.54) is 10.6 Å². The van der Waals surface area contributed by atoms with Crippen molar-refractivity contribution in [2.24, 2.45) is 0 Å². The van der Waals surface area contributed by atoms with E-state index in [0.29, 0.717) is 4.55 Å². The predicted molar refractivity (Wildman–Crippen MR) is 50.7 cm³/mol. The van der Waals surface area contributed by atoms with Crippen molar-refractivity contribution in [3.05, 3.63) is 0 Å². The summed E-state index contributed by atoms with van der Waals surface area (Å²) >= 11 is 2.04. The van der Waals surface area contributed by atoms with Crippen molar-refractivity contribution in [3.8, 4) is 0 Å². The van der Waals surface area contributed by atoms with Gasteiger partial charge in [0.05, 0.1) is 10.8 Å². The van der Waals surface area contributed by atoms with Crippen LogP contribution in [0.4, 0.5) is 0 Å². The molecular weight excluding hydrogens is 265 g/mol. The SMILES string of the molecule is CC(C)N(CI)S(C)(=O)=O. The zero-order chi connectivity index (χ0) is 8.36. The first kappa shape index (κ1) is 10.6. The standard InChI is InChI=1S/C5H12INO2S/c1-5(2)7(4-6)10(3,8)9/h5H,4H2,1-3H3. The van der Waals surface area contributed by atoms with Gasteiger partial charge in [-0.05, 0) is 13.8 Å². The van der Waals surface area contributed by atoms with Crippen LogP contribution in [0.2, 0.25) is 0 Å². The Balaban J connectivity index is 4.38. The van der Waals surface area contributed by atoms with E-state index in [1.54, 1.807) is 0 Å². The van der Waals surface area contributed by atoms with Crippen LogP contribution in [0, 0.1) is 0 Å². The summed E-state index contributed by atoms with van der Waals surface area (Å²) in [5, 5.41) is 0. The van der Waals surface area contributed by atoms with Gasteiger partial charge in [-0.15, -0.1) is 0 Å². The van der Waals surface area contributed by atoms with Crippen LogP contribution in [0.1, 0.15) is 13.8 Å². The van der Waals surface area contributed by atoms with Gasteiger partial charge in [-0.1, -0.05) is 22.6 Å². The van der Waals surface area contributed by atoms with E-state index < -0.39 is 10.0 Å². The molecule has 0 N–H and O–H groups in total. The largest absolute Gasteiger partial charge is 0.212 e. The highest BCUT2D eigenvalue weighted by atomic mass is 127. The van der Waals surface area contributed by atoms with Crippen molar-refractivity contribution in [1.29, 1.82) is 0 Å². The fourth-order valence-electron chi connectivity index (χ4n) is 0.610. The maximum atomic E-state index is 10.9. The summed E-state index contributed by atoms with van der Waals surface area (Å²) in [6.07, 6.45) is 1.23. The van der Waals surface area contributed by atoms with Gasteiger partial charge < -0.3 is 0 Å². The summed E-state index contributed by atoms with van der Waals surface area (Å²) in [7, 11) is -2.99. The average Bonchev–Trinajstić information content (AvgIpc) is 1.60. The zero-order valence-corrected chi connectivity index (χ0v) is 9.31. The quantitative estimate of drug-likeness (QED) is 0.439. The Morgan fingerprint density at radius 2 is 1.90 bits per heavy atom. The number of hydrogen-bond donors (Lipinski definition) is 0. The van der Waals surface area contributed by atoms with Crippen LogP contribution >= 0.6 is 22.6 Å². The molecule has 0 aromatic carbocycles. The van der Waals surface area contributed by atoms with Crippen LogP contribution in [0.3, 0.4) is 0 Å². The minimum atomic E-state index is -2.99. The first-order chi connectivity index (χ1) is 4.39. The number of nitrogens with zero attached hydrogens (tertiary/aromatic N) is 1. The number of rotatable bonds is 3. The van der Waals surface area contributed by atoms with Gasteiger partial charge in [0, 0.05) is 6.04 Å². The Kier molecular flexibility index (Phi) is 4.12. The predicted octanol–water partition coefficient (Wildman–Crippen LogP) is 1.05. The third kappa shape index (κ3) is 3.16. The second-order valence-electron chi connectivity index (χ2n) is 2.36. The lowest BCUT2D eigenvalue weighted by molar-refractivity contribution is 0.409. The Morgan fingerprint density at radius 1 is 1.50 bits per heavy atom. The van der Waals surface area contributed by atoms with Gasteiger partial charge in [0.1, 0.15) is 0 Å². The van der Waals surface area contributed by atoms with Gasteiger partial charge in [0.2, 0.25) is 10.0 Å². The molecule has 0 aliphatic heterocycles.